The maximum Gasteiger partial charge on any atom is 0.0578 e. The summed E-state index contributed by atoms with van der Waals surface area (Å²) in [5.74, 6) is 0. The molecule has 136 valence electrons. The first-order chi connectivity index (χ1) is 13.0. The first kappa shape index (κ1) is 17.8. The van der Waals surface area contributed by atoms with E-state index in [9.17, 15) is 0 Å². The molecule has 0 spiro atoms. The van der Waals surface area contributed by atoms with E-state index in [0.29, 0.717) is 0 Å². The third kappa shape index (κ3) is 3.14. The van der Waals surface area contributed by atoms with Crippen molar-refractivity contribution >= 4 is 22.7 Å². The predicted octanol–water partition coefficient (Wildman–Crippen LogP) is 6.62. The summed E-state index contributed by atoms with van der Waals surface area (Å²) in [6.07, 6.45) is 0.859. The van der Waals surface area contributed by atoms with Crippen molar-refractivity contribution in [2.75, 3.05) is 5.32 Å². The summed E-state index contributed by atoms with van der Waals surface area (Å²) in [4.78, 5) is 1.21. The second-order valence-corrected chi connectivity index (χ2v) is 8.25. The summed E-state index contributed by atoms with van der Waals surface area (Å²) in [5, 5.41) is 5.64. The molecule has 0 amide bonds. The monoisotopic (exact) mass is 372 g/mol. The summed E-state index contributed by atoms with van der Waals surface area (Å²) >= 11 is 1.73. The first-order valence-electron chi connectivity index (χ1n) is 9.16. The van der Waals surface area contributed by atoms with Gasteiger partial charge in [0, 0.05) is 28.6 Å². The molecular formula is C24H24N2S. The molecule has 0 bridgehead atoms. The van der Waals surface area contributed by atoms with Crippen LogP contribution in [0.25, 0.3) is 28.0 Å². The summed E-state index contributed by atoms with van der Waals surface area (Å²) < 4.78 is 0. The molecule has 1 aliphatic rings. The molecule has 0 fully saturated rings. The average Bonchev–Trinajstić information content (AvgIpc) is 3.12. The van der Waals surface area contributed by atoms with Gasteiger partial charge in [-0.05, 0) is 60.0 Å². The molecule has 0 radical (unpaired) electrons. The van der Waals surface area contributed by atoms with Crippen LogP contribution in [0.15, 0.2) is 66.6 Å². The summed E-state index contributed by atoms with van der Waals surface area (Å²) in [5.41, 5.74) is 16.7. The van der Waals surface area contributed by atoms with E-state index in [1.807, 2.05) is 6.92 Å². The Hall–Kier alpha value is -2.62. The minimum Gasteiger partial charge on any atom is -0.354 e. The largest absolute Gasteiger partial charge is 0.354 e. The molecule has 27 heavy (non-hydrogen) atoms. The Balaban J connectivity index is 1.98. The van der Waals surface area contributed by atoms with Gasteiger partial charge in [-0.15, -0.1) is 11.3 Å². The van der Waals surface area contributed by atoms with Gasteiger partial charge in [-0.3, -0.25) is 0 Å². The van der Waals surface area contributed by atoms with Gasteiger partial charge in [-0.25, -0.2) is 0 Å². The molecular weight excluding hydrogens is 348 g/mol. The SMILES string of the molecule is C=C(C)Cc1ccc2c(c1-c1ccc(C(C)N)cc1)-c1ccsc1C(=C)N2. The summed E-state index contributed by atoms with van der Waals surface area (Å²) in [7, 11) is 0. The molecule has 3 N–H and O–H groups in total. The van der Waals surface area contributed by atoms with Crippen LogP contribution in [-0.4, -0.2) is 0 Å². The third-order valence-electron chi connectivity index (χ3n) is 5.00. The van der Waals surface area contributed by atoms with Crippen LogP contribution >= 0.6 is 11.3 Å². The van der Waals surface area contributed by atoms with Gasteiger partial charge < -0.3 is 11.1 Å². The molecule has 1 aromatic heterocycles. The van der Waals surface area contributed by atoms with Gasteiger partial charge >= 0.3 is 0 Å². The quantitative estimate of drug-likeness (QED) is 0.505. The Morgan fingerprint density at radius 2 is 1.85 bits per heavy atom. The highest BCUT2D eigenvalue weighted by Crippen LogP contribution is 2.48. The van der Waals surface area contributed by atoms with E-state index in [1.165, 1.54) is 32.7 Å². The topological polar surface area (TPSA) is 38.0 Å². The Bertz CT molecular complexity index is 1040. The third-order valence-corrected chi connectivity index (χ3v) is 5.98. The maximum absolute atomic E-state index is 6.04. The van der Waals surface area contributed by atoms with E-state index in [0.717, 1.165) is 28.9 Å². The van der Waals surface area contributed by atoms with E-state index in [2.05, 4.69) is 73.2 Å². The van der Waals surface area contributed by atoms with E-state index in [-0.39, 0.29) is 6.04 Å². The fraction of sp³-hybridized carbons (Fsp3) is 0.167. The van der Waals surface area contributed by atoms with E-state index >= 15 is 0 Å². The molecule has 0 aliphatic carbocycles. The van der Waals surface area contributed by atoms with Crippen LogP contribution in [0.1, 0.15) is 35.9 Å². The van der Waals surface area contributed by atoms with Crippen molar-refractivity contribution in [3.63, 3.8) is 0 Å². The van der Waals surface area contributed by atoms with Crippen LogP contribution in [0.3, 0.4) is 0 Å². The van der Waals surface area contributed by atoms with Crippen LogP contribution in [-0.2, 0) is 6.42 Å². The maximum atomic E-state index is 6.04. The molecule has 3 heteroatoms. The molecule has 3 aromatic rings. The van der Waals surface area contributed by atoms with Gasteiger partial charge in [-0.1, -0.05) is 49.1 Å². The van der Waals surface area contributed by atoms with Gasteiger partial charge in [-0.2, -0.15) is 0 Å². The van der Waals surface area contributed by atoms with Crippen molar-refractivity contribution in [3.05, 3.63) is 82.6 Å². The van der Waals surface area contributed by atoms with Crippen molar-refractivity contribution < 1.29 is 0 Å². The Labute approximate surface area is 165 Å². The van der Waals surface area contributed by atoms with Gasteiger partial charge in [0.1, 0.15) is 0 Å². The highest BCUT2D eigenvalue weighted by molar-refractivity contribution is 7.11. The minimum absolute atomic E-state index is 0.0343. The van der Waals surface area contributed by atoms with Crippen molar-refractivity contribution in [2.24, 2.45) is 5.73 Å². The molecule has 1 unspecified atom stereocenters. The molecule has 2 aromatic carbocycles. The zero-order valence-corrected chi connectivity index (χ0v) is 16.6. The van der Waals surface area contributed by atoms with Gasteiger partial charge in [0.2, 0.25) is 0 Å². The van der Waals surface area contributed by atoms with Crippen LogP contribution in [0.5, 0.6) is 0 Å². The molecule has 0 saturated heterocycles. The average molecular weight is 373 g/mol. The Morgan fingerprint density at radius 3 is 2.52 bits per heavy atom. The number of thiophene rings is 1. The number of rotatable bonds is 4. The number of hydrogen-bond donors (Lipinski definition) is 2. The van der Waals surface area contributed by atoms with Gasteiger partial charge in [0.05, 0.1) is 4.88 Å². The number of allylic oxidation sites excluding steroid dienone is 1. The lowest BCUT2D eigenvalue weighted by molar-refractivity contribution is 0.818. The summed E-state index contributed by atoms with van der Waals surface area (Å²) in [6, 6.07) is 15.2. The van der Waals surface area contributed by atoms with Crippen LogP contribution in [0.4, 0.5) is 5.69 Å². The predicted molar refractivity (Wildman–Crippen MR) is 119 cm³/mol. The Morgan fingerprint density at radius 1 is 1.11 bits per heavy atom. The highest BCUT2D eigenvalue weighted by atomic mass is 32.1. The van der Waals surface area contributed by atoms with Crippen LogP contribution in [0.2, 0.25) is 0 Å². The minimum atomic E-state index is 0.0343. The van der Waals surface area contributed by atoms with Gasteiger partial charge in [0.15, 0.2) is 0 Å². The fourth-order valence-electron chi connectivity index (χ4n) is 3.74. The number of anilines is 1. The molecule has 2 heterocycles. The number of nitrogens with one attached hydrogen (secondary N) is 1. The van der Waals surface area contributed by atoms with Gasteiger partial charge in [0.25, 0.3) is 0 Å². The molecule has 2 nitrogen and oxygen atoms in total. The van der Waals surface area contributed by atoms with Crippen LogP contribution in [0, 0.1) is 0 Å². The second-order valence-electron chi connectivity index (χ2n) is 7.33. The molecule has 1 atom stereocenters. The zero-order valence-electron chi connectivity index (χ0n) is 15.8. The molecule has 0 saturated carbocycles. The van der Waals surface area contributed by atoms with Crippen molar-refractivity contribution in [3.8, 4) is 22.3 Å². The fourth-order valence-corrected chi connectivity index (χ4v) is 4.57. The number of nitrogens with two attached hydrogens (primary N) is 1. The summed E-state index contributed by atoms with van der Waals surface area (Å²) in [6.45, 7) is 12.4. The molecule has 1 aliphatic heterocycles. The zero-order chi connectivity index (χ0) is 19.1. The number of fused-ring (bicyclic) bond motifs is 3. The van der Waals surface area contributed by atoms with Crippen molar-refractivity contribution in [1.29, 1.82) is 0 Å². The first-order valence-corrected chi connectivity index (χ1v) is 10.0. The second kappa shape index (κ2) is 6.84. The lowest BCUT2D eigenvalue weighted by Crippen LogP contribution is -2.08. The number of hydrogen-bond acceptors (Lipinski definition) is 3. The van der Waals surface area contributed by atoms with E-state index in [4.69, 9.17) is 5.73 Å². The highest BCUT2D eigenvalue weighted by Gasteiger charge is 2.25. The van der Waals surface area contributed by atoms with Crippen molar-refractivity contribution in [1.82, 2.24) is 0 Å². The van der Waals surface area contributed by atoms with E-state index < -0.39 is 0 Å². The normalized spacial score (nSPS) is 13.5. The standard InChI is InChI=1S/C24H24N2S/c1-14(2)13-19-9-10-21-23(20-11-12-27-24(20)16(4)26-21)22(19)18-7-5-17(6-8-18)15(3)25/h5-12,15,26H,1,4,13,25H2,2-3H3. The van der Waals surface area contributed by atoms with Crippen LogP contribution < -0.4 is 11.1 Å². The lowest BCUT2D eigenvalue weighted by atomic mass is 9.85. The Kier molecular flexibility index (Phi) is 4.50. The van der Waals surface area contributed by atoms with Crippen molar-refractivity contribution in [2.45, 2.75) is 26.3 Å². The lowest BCUT2D eigenvalue weighted by Gasteiger charge is -2.25. The molecule has 4 rings (SSSR count). The van der Waals surface area contributed by atoms with E-state index in [1.54, 1.807) is 11.3 Å². The smallest absolute Gasteiger partial charge is 0.0578 e. The number of benzene rings is 2.